The van der Waals surface area contributed by atoms with Crippen molar-refractivity contribution in [1.29, 1.82) is 0 Å². The van der Waals surface area contributed by atoms with E-state index in [0.29, 0.717) is 29.4 Å². The number of anilines is 1. The Bertz CT molecular complexity index is 1480. The lowest BCUT2D eigenvalue weighted by molar-refractivity contribution is -0.127. The van der Waals surface area contributed by atoms with Crippen LogP contribution in [-0.4, -0.2) is 40.4 Å². The second-order valence-corrected chi connectivity index (χ2v) is 9.54. The van der Waals surface area contributed by atoms with E-state index in [1.54, 1.807) is 24.3 Å². The fourth-order valence-electron chi connectivity index (χ4n) is 4.12. The Labute approximate surface area is 205 Å². The van der Waals surface area contributed by atoms with Crippen molar-refractivity contribution in [3.05, 3.63) is 92.8 Å². The van der Waals surface area contributed by atoms with Gasteiger partial charge in [0.05, 0.1) is 12.2 Å². The van der Waals surface area contributed by atoms with Gasteiger partial charge in [0.25, 0.3) is 17.4 Å². The van der Waals surface area contributed by atoms with Crippen LogP contribution in [0.5, 0.6) is 5.75 Å². The zero-order valence-corrected chi connectivity index (χ0v) is 20.2. The van der Waals surface area contributed by atoms with Crippen LogP contribution >= 0.6 is 11.3 Å². The van der Waals surface area contributed by atoms with Gasteiger partial charge >= 0.3 is 0 Å². The predicted octanol–water partition coefficient (Wildman–Crippen LogP) is 3.14. The Hall–Kier alpha value is -3.98. The fraction of sp³-hybridized carbons (Fsp3) is 0.231. The van der Waals surface area contributed by atoms with Crippen LogP contribution in [0.15, 0.2) is 65.6 Å². The third kappa shape index (κ3) is 4.30. The number of thiazole rings is 1. The molecule has 35 heavy (non-hydrogen) atoms. The molecule has 1 unspecified atom stereocenters. The topological polar surface area (TPSA) is 93.0 Å². The summed E-state index contributed by atoms with van der Waals surface area (Å²) < 4.78 is 7.40. The number of aromatic nitrogens is 2. The fourth-order valence-corrected chi connectivity index (χ4v) is 5.05. The van der Waals surface area contributed by atoms with Crippen molar-refractivity contribution in [2.45, 2.75) is 26.4 Å². The van der Waals surface area contributed by atoms with Crippen LogP contribution in [0.4, 0.5) is 5.69 Å². The summed E-state index contributed by atoms with van der Waals surface area (Å²) in [5, 5.41) is 2.90. The average Bonchev–Trinajstić information content (AvgIpc) is 3.17. The minimum atomic E-state index is -0.908. The molecule has 1 N–H and O–H groups in total. The molecule has 4 aromatic rings. The highest BCUT2D eigenvalue weighted by Crippen LogP contribution is 2.34. The van der Waals surface area contributed by atoms with Crippen molar-refractivity contribution in [3.63, 3.8) is 0 Å². The van der Waals surface area contributed by atoms with Crippen molar-refractivity contribution < 1.29 is 14.3 Å². The largest absolute Gasteiger partial charge is 0.477 e. The van der Waals surface area contributed by atoms with E-state index in [4.69, 9.17) is 4.74 Å². The van der Waals surface area contributed by atoms with Gasteiger partial charge in [0.2, 0.25) is 0 Å². The van der Waals surface area contributed by atoms with Gasteiger partial charge in [-0.1, -0.05) is 42.5 Å². The number of para-hydroxylation sites is 2. The van der Waals surface area contributed by atoms with E-state index in [2.05, 4.69) is 10.3 Å². The quantitative estimate of drug-likeness (QED) is 0.466. The lowest BCUT2D eigenvalue weighted by atomic mass is 10.1. The molecule has 9 heteroatoms. The number of fused-ring (bicyclic) bond motifs is 2. The monoisotopic (exact) mass is 488 g/mol. The summed E-state index contributed by atoms with van der Waals surface area (Å²) in [4.78, 5) is 47.0. The van der Waals surface area contributed by atoms with Gasteiger partial charge in [0.1, 0.15) is 11.3 Å². The lowest BCUT2D eigenvalue weighted by Gasteiger charge is -2.34. The number of carbonyl (C=O) groups excluding carboxylic acids is 2. The molecule has 0 fully saturated rings. The Morgan fingerprint density at radius 2 is 1.86 bits per heavy atom. The van der Waals surface area contributed by atoms with Gasteiger partial charge in [0.15, 0.2) is 11.1 Å². The molecule has 2 amide bonds. The second kappa shape index (κ2) is 9.34. The average molecular weight is 489 g/mol. The van der Waals surface area contributed by atoms with Crippen LogP contribution < -0.4 is 20.5 Å². The number of benzene rings is 2. The maximum Gasteiger partial charge on any atom is 0.271 e. The molecule has 0 saturated heterocycles. The molecule has 0 bridgehead atoms. The van der Waals surface area contributed by atoms with Gasteiger partial charge in [-0.05, 0) is 38.0 Å². The number of ether oxygens (including phenoxy) is 1. The summed E-state index contributed by atoms with van der Waals surface area (Å²) >= 11 is 1.40. The molecule has 1 aliphatic rings. The molecule has 178 valence electrons. The number of amides is 2. The maximum atomic E-state index is 13.6. The van der Waals surface area contributed by atoms with E-state index in [9.17, 15) is 14.4 Å². The Kier molecular flexibility index (Phi) is 6.08. The molecular formula is C26H24N4O4S. The summed E-state index contributed by atoms with van der Waals surface area (Å²) in [5.74, 6) is -0.423. The Balaban J connectivity index is 1.40. The van der Waals surface area contributed by atoms with E-state index in [0.717, 1.165) is 16.1 Å². The number of aryl methyl sites for hydroxylation is 2. The predicted molar refractivity (Wildman–Crippen MR) is 135 cm³/mol. The number of hydrogen-bond donors (Lipinski definition) is 1. The minimum Gasteiger partial charge on any atom is -0.477 e. The van der Waals surface area contributed by atoms with Crippen molar-refractivity contribution in [1.82, 2.24) is 14.7 Å². The number of carbonyl (C=O) groups is 2. The molecule has 0 aliphatic carbocycles. The van der Waals surface area contributed by atoms with Crippen LogP contribution in [0.25, 0.3) is 4.96 Å². The summed E-state index contributed by atoms with van der Waals surface area (Å²) in [6.45, 7) is 4.17. The van der Waals surface area contributed by atoms with Gasteiger partial charge in [-0.15, -0.1) is 11.3 Å². The van der Waals surface area contributed by atoms with Crippen LogP contribution in [0.1, 0.15) is 26.5 Å². The van der Waals surface area contributed by atoms with Crippen molar-refractivity contribution in [2.24, 2.45) is 0 Å². The zero-order chi connectivity index (χ0) is 24.5. The number of hydrogen-bond acceptors (Lipinski definition) is 6. The standard InChI is InChI=1S/C26H24N4O4S/c1-16-17(2)35-26-28-14-19(25(33)30(16)26)24(32)29-15-22(34-21-11-7-6-10-20(21)29)23(31)27-13-12-18-8-4-3-5-9-18/h3-11,14,22H,12-13,15H2,1-2H3,(H,27,31). The lowest BCUT2D eigenvalue weighted by Crippen LogP contribution is -2.51. The summed E-state index contributed by atoms with van der Waals surface area (Å²) in [6.07, 6.45) is 1.09. The number of rotatable bonds is 5. The van der Waals surface area contributed by atoms with E-state index in [-0.39, 0.29) is 18.0 Å². The minimum absolute atomic E-state index is 0.0171. The molecule has 2 aromatic heterocycles. The molecular weight excluding hydrogens is 464 g/mol. The molecule has 1 atom stereocenters. The van der Waals surface area contributed by atoms with Gasteiger partial charge in [-0.2, -0.15) is 0 Å². The molecule has 5 rings (SSSR count). The number of nitrogens with one attached hydrogen (secondary N) is 1. The Morgan fingerprint density at radius 3 is 2.66 bits per heavy atom. The summed E-state index contributed by atoms with van der Waals surface area (Å²) in [5.41, 5.74) is 1.91. The van der Waals surface area contributed by atoms with Crippen LogP contribution in [0.2, 0.25) is 0 Å². The molecule has 0 radical (unpaired) electrons. The van der Waals surface area contributed by atoms with Crippen molar-refractivity contribution in [2.75, 3.05) is 18.0 Å². The molecule has 1 aliphatic heterocycles. The normalized spacial score (nSPS) is 14.9. The molecule has 0 spiro atoms. The SMILES string of the molecule is Cc1sc2ncc(C(=O)N3CC(C(=O)NCCc4ccccc4)Oc4ccccc43)c(=O)n2c1C. The maximum absolute atomic E-state index is 13.6. The van der Waals surface area contributed by atoms with Gasteiger partial charge in [-0.3, -0.25) is 18.8 Å². The zero-order valence-electron chi connectivity index (χ0n) is 19.4. The van der Waals surface area contributed by atoms with Gasteiger partial charge < -0.3 is 15.0 Å². The first-order chi connectivity index (χ1) is 16.9. The van der Waals surface area contributed by atoms with Gasteiger partial charge in [0, 0.05) is 23.3 Å². The molecule has 8 nitrogen and oxygen atoms in total. The smallest absolute Gasteiger partial charge is 0.271 e. The van der Waals surface area contributed by atoms with E-state index < -0.39 is 17.6 Å². The summed E-state index contributed by atoms with van der Waals surface area (Å²) in [7, 11) is 0. The van der Waals surface area contributed by atoms with E-state index >= 15 is 0 Å². The highest BCUT2D eigenvalue weighted by molar-refractivity contribution is 7.17. The van der Waals surface area contributed by atoms with E-state index in [1.165, 1.54) is 26.8 Å². The van der Waals surface area contributed by atoms with Crippen molar-refractivity contribution >= 4 is 33.8 Å². The first kappa shape index (κ1) is 22.8. The Morgan fingerprint density at radius 1 is 1.11 bits per heavy atom. The van der Waals surface area contributed by atoms with E-state index in [1.807, 2.05) is 44.2 Å². The molecule has 0 saturated carbocycles. The van der Waals surface area contributed by atoms with Crippen molar-refractivity contribution in [3.8, 4) is 5.75 Å². The third-order valence-electron chi connectivity index (χ3n) is 6.12. The highest BCUT2D eigenvalue weighted by atomic mass is 32.1. The summed E-state index contributed by atoms with van der Waals surface area (Å²) in [6, 6.07) is 16.9. The number of nitrogens with zero attached hydrogens (tertiary/aromatic N) is 3. The first-order valence-electron chi connectivity index (χ1n) is 11.3. The van der Waals surface area contributed by atoms with Crippen LogP contribution in [-0.2, 0) is 11.2 Å². The van der Waals surface area contributed by atoms with Crippen LogP contribution in [0.3, 0.4) is 0 Å². The molecule has 2 aromatic carbocycles. The van der Waals surface area contributed by atoms with Crippen LogP contribution in [0, 0.1) is 13.8 Å². The first-order valence-corrected chi connectivity index (χ1v) is 12.1. The second-order valence-electron chi connectivity index (χ2n) is 8.36. The third-order valence-corrected chi connectivity index (χ3v) is 7.19. The van der Waals surface area contributed by atoms with Gasteiger partial charge in [-0.25, -0.2) is 4.98 Å². The highest BCUT2D eigenvalue weighted by Gasteiger charge is 2.35. The molecule has 3 heterocycles.